The molecule has 0 bridgehead atoms. The number of nitriles is 1. The number of para-hydroxylation sites is 1. The van der Waals surface area contributed by atoms with Gasteiger partial charge in [-0.25, -0.2) is 9.97 Å². The minimum atomic E-state index is -0.314. The van der Waals surface area contributed by atoms with Gasteiger partial charge in [0.05, 0.1) is 19.7 Å². The van der Waals surface area contributed by atoms with Gasteiger partial charge in [0, 0.05) is 36.6 Å². The molecule has 2 aromatic carbocycles. The second-order valence-electron chi connectivity index (χ2n) is 6.80. The summed E-state index contributed by atoms with van der Waals surface area (Å²) >= 11 is 0. The predicted octanol–water partition coefficient (Wildman–Crippen LogP) is 4.06. The number of imidazole rings is 1. The van der Waals surface area contributed by atoms with Crippen LogP contribution in [0.15, 0.2) is 60.9 Å². The summed E-state index contributed by atoms with van der Waals surface area (Å²) in [6.45, 7) is 0. The number of methoxy groups -OCH3 is 2. The molecule has 0 saturated carbocycles. The molecular weight excluding hydrogens is 378 g/mol. The molecule has 0 aliphatic carbocycles. The lowest BCUT2D eigenvalue weighted by Crippen LogP contribution is -2.17. The third-order valence-corrected chi connectivity index (χ3v) is 4.95. The van der Waals surface area contributed by atoms with Gasteiger partial charge in [-0.2, -0.15) is 5.26 Å². The van der Waals surface area contributed by atoms with Crippen molar-refractivity contribution in [2.24, 2.45) is 7.05 Å². The van der Waals surface area contributed by atoms with Crippen LogP contribution in [0.1, 0.15) is 23.1 Å². The van der Waals surface area contributed by atoms with Gasteiger partial charge < -0.3 is 19.4 Å². The maximum absolute atomic E-state index is 9.45. The van der Waals surface area contributed by atoms with E-state index in [1.54, 1.807) is 26.5 Å². The summed E-state index contributed by atoms with van der Waals surface area (Å²) in [7, 11) is 5.19. The Morgan fingerprint density at radius 2 is 1.80 bits per heavy atom. The highest BCUT2D eigenvalue weighted by molar-refractivity contribution is 5.92. The highest BCUT2D eigenvalue weighted by Gasteiger charge is 2.21. The van der Waals surface area contributed by atoms with Crippen LogP contribution >= 0.6 is 0 Å². The highest BCUT2D eigenvalue weighted by atomic mass is 16.5. The van der Waals surface area contributed by atoms with Crippen LogP contribution in [0.2, 0.25) is 0 Å². The van der Waals surface area contributed by atoms with Crippen molar-refractivity contribution in [2.45, 2.75) is 6.04 Å². The molecule has 0 fully saturated rings. The van der Waals surface area contributed by atoms with Crippen molar-refractivity contribution < 1.29 is 9.47 Å². The maximum Gasteiger partial charge on any atom is 0.143 e. The van der Waals surface area contributed by atoms with Gasteiger partial charge in [0.2, 0.25) is 0 Å². The number of hydrogen-bond acceptors (Lipinski definition) is 6. The molecular formula is C23H21N5O2. The Labute approximate surface area is 174 Å². The lowest BCUT2D eigenvalue weighted by Gasteiger charge is -2.22. The fourth-order valence-corrected chi connectivity index (χ4v) is 3.46. The summed E-state index contributed by atoms with van der Waals surface area (Å²) in [5.41, 5.74) is 2.81. The van der Waals surface area contributed by atoms with Crippen LogP contribution in [-0.2, 0) is 7.05 Å². The van der Waals surface area contributed by atoms with E-state index in [1.807, 2.05) is 60.3 Å². The van der Waals surface area contributed by atoms with Crippen molar-refractivity contribution in [1.82, 2.24) is 14.5 Å². The van der Waals surface area contributed by atoms with E-state index in [2.05, 4.69) is 21.4 Å². The van der Waals surface area contributed by atoms with Gasteiger partial charge in [0.25, 0.3) is 0 Å². The lowest BCUT2D eigenvalue weighted by molar-refractivity contribution is 0.393. The molecule has 0 spiro atoms. The van der Waals surface area contributed by atoms with Gasteiger partial charge in [0.1, 0.15) is 35.1 Å². The molecule has 0 aliphatic heterocycles. The van der Waals surface area contributed by atoms with Crippen molar-refractivity contribution in [3.8, 4) is 17.6 Å². The summed E-state index contributed by atoms with van der Waals surface area (Å²) in [6, 6.07) is 17.0. The van der Waals surface area contributed by atoms with E-state index in [0.717, 1.165) is 28.0 Å². The summed E-state index contributed by atoms with van der Waals surface area (Å²) in [5.74, 6) is 2.18. The van der Waals surface area contributed by atoms with Crippen molar-refractivity contribution in [3.05, 3.63) is 78.0 Å². The van der Waals surface area contributed by atoms with E-state index in [-0.39, 0.29) is 6.04 Å². The number of rotatable bonds is 6. The molecule has 150 valence electrons. The summed E-state index contributed by atoms with van der Waals surface area (Å²) in [4.78, 5) is 8.97. The minimum absolute atomic E-state index is 0.314. The number of hydrogen-bond donors (Lipinski definition) is 1. The normalized spacial score (nSPS) is 11.7. The molecule has 2 aromatic heterocycles. The van der Waals surface area contributed by atoms with Gasteiger partial charge >= 0.3 is 0 Å². The van der Waals surface area contributed by atoms with E-state index in [4.69, 9.17) is 9.47 Å². The molecule has 30 heavy (non-hydrogen) atoms. The van der Waals surface area contributed by atoms with Crippen LogP contribution in [-0.4, -0.2) is 28.8 Å². The Balaban J connectivity index is 1.89. The fraction of sp³-hybridized carbons (Fsp3) is 0.174. The average molecular weight is 399 g/mol. The van der Waals surface area contributed by atoms with Crippen molar-refractivity contribution >= 4 is 16.6 Å². The molecule has 4 rings (SSSR count). The first-order valence-electron chi connectivity index (χ1n) is 9.39. The van der Waals surface area contributed by atoms with Gasteiger partial charge in [0.15, 0.2) is 0 Å². The first kappa shape index (κ1) is 19.3. The standard InChI is InChI=1S/C23H21N5O2/c1-28-9-8-25-23(28)22(15-10-17(29-2)13-18(11-15)30-3)27-21-12-16(14-24)26-20-7-5-4-6-19(20)21/h4-13,22H,1-3H3,(H,26,27). The number of anilines is 1. The average Bonchev–Trinajstić information content (AvgIpc) is 3.22. The first-order valence-corrected chi connectivity index (χ1v) is 9.39. The molecule has 4 aromatic rings. The van der Waals surface area contributed by atoms with Crippen LogP contribution in [0.5, 0.6) is 11.5 Å². The van der Waals surface area contributed by atoms with Gasteiger partial charge in [-0.3, -0.25) is 0 Å². The van der Waals surface area contributed by atoms with Crippen LogP contribution in [0.4, 0.5) is 5.69 Å². The molecule has 1 atom stereocenters. The van der Waals surface area contributed by atoms with Crippen LogP contribution in [0, 0.1) is 11.3 Å². The van der Waals surface area contributed by atoms with E-state index >= 15 is 0 Å². The smallest absolute Gasteiger partial charge is 0.143 e. The van der Waals surface area contributed by atoms with E-state index in [1.165, 1.54) is 0 Å². The molecule has 2 heterocycles. The second kappa shape index (κ2) is 8.13. The number of benzene rings is 2. The molecule has 0 aliphatic rings. The zero-order valence-corrected chi connectivity index (χ0v) is 17.0. The quantitative estimate of drug-likeness (QED) is 0.526. The Morgan fingerprint density at radius 1 is 1.07 bits per heavy atom. The Morgan fingerprint density at radius 3 is 2.43 bits per heavy atom. The van der Waals surface area contributed by atoms with Gasteiger partial charge in [-0.05, 0) is 29.8 Å². The predicted molar refractivity (Wildman–Crippen MR) is 115 cm³/mol. The van der Waals surface area contributed by atoms with Crippen molar-refractivity contribution in [3.63, 3.8) is 0 Å². The lowest BCUT2D eigenvalue weighted by atomic mass is 10.0. The monoisotopic (exact) mass is 399 g/mol. The number of ether oxygens (including phenoxy) is 2. The van der Waals surface area contributed by atoms with E-state index in [9.17, 15) is 5.26 Å². The van der Waals surface area contributed by atoms with Crippen LogP contribution in [0.3, 0.4) is 0 Å². The number of aryl methyl sites for hydroxylation is 1. The summed E-state index contributed by atoms with van der Waals surface area (Å²) < 4.78 is 12.9. The third-order valence-electron chi connectivity index (χ3n) is 4.95. The SMILES string of the molecule is COc1cc(OC)cc(C(Nc2cc(C#N)nc3ccccc23)c2nccn2C)c1. The van der Waals surface area contributed by atoms with Crippen LogP contribution in [0.25, 0.3) is 10.9 Å². The van der Waals surface area contributed by atoms with Crippen LogP contribution < -0.4 is 14.8 Å². The molecule has 0 saturated heterocycles. The molecule has 7 heteroatoms. The zero-order valence-electron chi connectivity index (χ0n) is 17.0. The Kier molecular flexibility index (Phi) is 5.22. The number of pyridine rings is 1. The zero-order chi connectivity index (χ0) is 21.1. The Hall–Kier alpha value is -4.05. The molecule has 0 amide bonds. The molecule has 0 radical (unpaired) electrons. The minimum Gasteiger partial charge on any atom is -0.497 e. The van der Waals surface area contributed by atoms with Gasteiger partial charge in [-0.1, -0.05) is 18.2 Å². The van der Waals surface area contributed by atoms with Crippen molar-refractivity contribution in [1.29, 1.82) is 5.26 Å². The number of fused-ring (bicyclic) bond motifs is 1. The first-order chi connectivity index (χ1) is 14.6. The largest absolute Gasteiger partial charge is 0.497 e. The van der Waals surface area contributed by atoms with E-state index < -0.39 is 0 Å². The number of aromatic nitrogens is 3. The molecule has 7 nitrogen and oxygen atoms in total. The fourth-order valence-electron chi connectivity index (χ4n) is 3.46. The van der Waals surface area contributed by atoms with E-state index in [0.29, 0.717) is 17.2 Å². The topological polar surface area (TPSA) is 85.0 Å². The van der Waals surface area contributed by atoms with Crippen molar-refractivity contribution in [2.75, 3.05) is 19.5 Å². The maximum atomic E-state index is 9.45. The Bertz CT molecular complexity index is 1220. The summed E-state index contributed by atoms with van der Waals surface area (Å²) in [5, 5.41) is 13.9. The summed E-state index contributed by atoms with van der Waals surface area (Å²) in [6.07, 6.45) is 3.65. The molecule has 1 unspecified atom stereocenters. The number of nitrogens with zero attached hydrogens (tertiary/aromatic N) is 4. The second-order valence-corrected chi connectivity index (χ2v) is 6.80. The molecule has 1 N–H and O–H groups in total. The third kappa shape index (κ3) is 3.63. The number of nitrogens with one attached hydrogen (secondary N) is 1. The van der Waals surface area contributed by atoms with Gasteiger partial charge in [-0.15, -0.1) is 0 Å². The highest BCUT2D eigenvalue weighted by Crippen LogP contribution is 2.34.